The van der Waals surface area contributed by atoms with Crippen LogP contribution in [0.4, 0.5) is 0 Å². The fourth-order valence-corrected chi connectivity index (χ4v) is 1.58. The molecular formula is C16H16O6. The second-order valence-corrected chi connectivity index (χ2v) is 4.47. The molecule has 22 heavy (non-hydrogen) atoms. The van der Waals surface area contributed by atoms with Gasteiger partial charge in [0.2, 0.25) is 0 Å². The number of benzene rings is 2. The summed E-state index contributed by atoms with van der Waals surface area (Å²) < 4.78 is 0. The Balaban J connectivity index is 0.000000220. The average molecular weight is 304 g/mol. The summed E-state index contributed by atoms with van der Waals surface area (Å²) in [4.78, 5) is 20.4. The van der Waals surface area contributed by atoms with Crippen LogP contribution in [-0.4, -0.2) is 32.4 Å². The van der Waals surface area contributed by atoms with Crippen molar-refractivity contribution >= 4 is 11.9 Å². The zero-order valence-electron chi connectivity index (χ0n) is 11.6. The highest BCUT2D eigenvalue weighted by Gasteiger charge is 1.99. The number of phenolic OH excluding ortho intramolecular Hbond substituents is 2. The van der Waals surface area contributed by atoms with Crippen LogP contribution in [0, 0.1) is 0 Å². The number of carboxylic acids is 2. The van der Waals surface area contributed by atoms with Crippen LogP contribution >= 0.6 is 0 Å². The van der Waals surface area contributed by atoms with Gasteiger partial charge in [-0.25, -0.2) is 0 Å². The quantitative estimate of drug-likeness (QED) is 0.687. The molecule has 0 heterocycles. The second-order valence-electron chi connectivity index (χ2n) is 4.47. The number of aromatic hydroxyl groups is 2. The fourth-order valence-electron chi connectivity index (χ4n) is 1.58. The number of carboxylic acid groups (broad SMARTS) is 2. The number of hydrogen-bond donors (Lipinski definition) is 4. The molecule has 0 saturated carbocycles. The Labute approximate surface area is 126 Å². The number of aliphatic carboxylic acids is 2. The summed E-state index contributed by atoms with van der Waals surface area (Å²) in [6.45, 7) is 0. The maximum atomic E-state index is 10.2. The van der Waals surface area contributed by atoms with E-state index in [0.29, 0.717) is 11.1 Å². The standard InChI is InChI=1S/2C8H8O3/c2*9-7-3-1-6(2-4-7)5-8(10)11/h2*1-4,9H,5H2,(H,10,11). The molecule has 0 aliphatic carbocycles. The van der Waals surface area contributed by atoms with Crippen LogP contribution < -0.4 is 0 Å². The topological polar surface area (TPSA) is 115 Å². The minimum Gasteiger partial charge on any atom is -0.508 e. The van der Waals surface area contributed by atoms with Gasteiger partial charge in [-0.05, 0) is 35.4 Å². The van der Waals surface area contributed by atoms with Crippen molar-refractivity contribution < 1.29 is 30.0 Å². The van der Waals surface area contributed by atoms with Gasteiger partial charge in [0, 0.05) is 0 Å². The van der Waals surface area contributed by atoms with E-state index in [1.165, 1.54) is 24.3 Å². The van der Waals surface area contributed by atoms with Crippen molar-refractivity contribution in [1.82, 2.24) is 0 Å². The van der Waals surface area contributed by atoms with Gasteiger partial charge in [0.1, 0.15) is 11.5 Å². The van der Waals surface area contributed by atoms with Crippen molar-refractivity contribution in [2.24, 2.45) is 0 Å². The SMILES string of the molecule is O=C(O)Cc1ccc(O)cc1.O=C(O)Cc1ccc(O)cc1. The Morgan fingerprint density at radius 2 is 0.909 bits per heavy atom. The van der Waals surface area contributed by atoms with Crippen LogP contribution in [0.1, 0.15) is 11.1 Å². The van der Waals surface area contributed by atoms with E-state index in [-0.39, 0.29) is 24.3 Å². The van der Waals surface area contributed by atoms with Gasteiger partial charge in [-0.2, -0.15) is 0 Å². The zero-order chi connectivity index (χ0) is 16.5. The summed E-state index contributed by atoms with van der Waals surface area (Å²) in [5, 5.41) is 34.4. The Morgan fingerprint density at radius 1 is 0.636 bits per heavy atom. The second kappa shape index (κ2) is 8.31. The molecule has 0 unspecified atom stereocenters. The fraction of sp³-hybridized carbons (Fsp3) is 0.125. The normalized spacial score (nSPS) is 9.45. The highest BCUT2D eigenvalue weighted by molar-refractivity contribution is 5.70. The number of hydrogen-bond acceptors (Lipinski definition) is 4. The molecule has 2 aromatic rings. The smallest absolute Gasteiger partial charge is 0.307 e. The van der Waals surface area contributed by atoms with Gasteiger partial charge in [-0.15, -0.1) is 0 Å². The molecule has 0 aliphatic rings. The Kier molecular flexibility index (Phi) is 6.43. The number of rotatable bonds is 4. The van der Waals surface area contributed by atoms with Crippen LogP contribution in [0.2, 0.25) is 0 Å². The Morgan fingerprint density at radius 3 is 1.14 bits per heavy atom. The first-order valence-electron chi connectivity index (χ1n) is 6.36. The van der Waals surface area contributed by atoms with E-state index >= 15 is 0 Å². The van der Waals surface area contributed by atoms with Crippen molar-refractivity contribution in [2.45, 2.75) is 12.8 Å². The highest BCUT2D eigenvalue weighted by Crippen LogP contribution is 2.10. The lowest BCUT2D eigenvalue weighted by molar-refractivity contribution is -0.137. The van der Waals surface area contributed by atoms with E-state index in [1.807, 2.05) is 0 Å². The van der Waals surface area contributed by atoms with E-state index in [4.69, 9.17) is 20.4 Å². The third kappa shape index (κ3) is 6.95. The van der Waals surface area contributed by atoms with Crippen LogP contribution in [0.5, 0.6) is 11.5 Å². The lowest BCUT2D eigenvalue weighted by Gasteiger charge is -1.95. The molecule has 0 radical (unpaired) electrons. The minimum absolute atomic E-state index is 0.000278. The molecule has 0 aromatic heterocycles. The zero-order valence-corrected chi connectivity index (χ0v) is 11.6. The summed E-state index contributed by atoms with van der Waals surface area (Å²) in [5.74, 6) is -1.43. The van der Waals surface area contributed by atoms with Crippen molar-refractivity contribution in [2.75, 3.05) is 0 Å². The predicted octanol–water partition coefficient (Wildman–Crippen LogP) is 2.04. The molecule has 116 valence electrons. The van der Waals surface area contributed by atoms with Gasteiger partial charge in [-0.1, -0.05) is 24.3 Å². The van der Waals surface area contributed by atoms with E-state index in [2.05, 4.69) is 0 Å². The molecule has 0 amide bonds. The highest BCUT2D eigenvalue weighted by atomic mass is 16.4. The van der Waals surface area contributed by atoms with Gasteiger partial charge in [-0.3, -0.25) is 9.59 Å². The van der Waals surface area contributed by atoms with Crippen LogP contribution in [-0.2, 0) is 22.4 Å². The lowest BCUT2D eigenvalue weighted by Crippen LogP contribution is -1.98. The van der Waals surface area contributed by atoms with Gasteiger partial charge in [0.05, 0.1) is 12.8 Å². The average Bonchev–Trinajstić information content (AvgIpc) is 2.44. The van der Waals surface area contributed by atoms with Gasteiger partial charge >= 0.3 is 11.9 Å². The molecule has 2 aromatic carbocycles. The van der Waals surface area contributed by atoms with Gasteiger partial charge < -0.3 is 20.4 Å². The summed E-state index contributed by atoms with van der Waals surface area (Å²) in [6.07, 6.45) is 0.000556. The largest absolute Gasteiger partial charge is 0.508 e. The van der Waals surface area contributed by atoms with Crippen molar-refractivity contribution in [3.8, 4) is 11.5 Å². The predicted molar refractivity (Wildman–Crippen MR) is 78.9 cm³/mol. The molecular weight excluding hydrogens is 288 g/mol. The third-order valence-electron chi connectivity index (χ3n) is 2.58. The first-order chi connectivity index (χ1) is 10.4. The maximum Gasteiger partial charge on any atom is 0.307 e. The molecule has 0 spiro atoms. The molecule has 0 fully saturated rings. The first kappa shape index (κ1) is 17.0. The van der Waals surface area contributed by atoms with Crippen molar-refractivity contribution in [3.05, 3.63) is 59.7 Å². The van der Waals surface area contributed by atoms with Gasteiger partial charge in [0.15, 0.2) is 0 Å². The monoisotopic (exact) mass is 304 g/mol. The molecule has 0 saturated heterocycles. The maximum absolute atomic E-state index is 10.2. The molecule has 0 atom stereocenters. The van der Waals surface area contributed by atoms with Crippen LogP contribution in [0.15, 0.2) is 48.5 Å². The first-order valence-corrected chi connectivity index (χ1v) is 6.36. The molecule has 0 aliphatic heterocycles. The van der Waals surface area contributed by atoms with Crippen LogP contribution in [0.3, 0.4) is 0 Å². The summed E-state index contributed by atoms with van der Waals surface area (Å²) in [6, 6.07) is 12.2. The molecule has 6 nitrogen and oxygen atoms in total. The Hall–Kier alpha value is -3.02. The molecule has 6 heteroatoms. The summed E-state index contributed by atoms with van der Waals surface area (Å²) in [7, 11) is 0. The van der Waals surface area contributed by atoms with E-state index in [9.17, 15) is 9.59 Å². The third-order valence-corrected chi connectivity index (χ3v) is 2.58. The Bertz CT molecular complexity index is 559. The molecule has 4 N–H and O–H groups in total. The molecule has 0 bridgehead atoms. The number of phenols is 2. The van der Waals surface area contributed by atoms with Crippen molar-refractivity contribution in [1.29, 1.82) is 0 Å². The molecule has 2 rings (SSSR count). The summed E-state index contributed by atoms with van der Waals surface area (Å²) >= 11 is 0. The van der Waals surface area contributed by atoms with E-state index in [1.54, 1.807) is 24.3 Å². The summed E-state index contributed by atoms with van der Waals surface area (Å²) in [5.41, 5.74) is 1.38. The van der Waals surface area contributed by atoms with E-state index < -0.39 is 11.9 Å². The number of carbonyl (C=O) groups is 2. The van der Waals surface area contributed by atoms with E-state index in [0.717, 1.165) is 0 Å². The van der Waals surface area contributed by atoms with Crippen LogP contribution in [0.25, 0.3) is 0 Å². The minimum atomic E-state index is -0.865. The van der Waals surface area contributed by atoms with Gasteiger partial charge in [0.25, 0.3) is 0 Å². The van der Waals surface area contributed by atoms with Crippen molar-refractivity contribution in [3.63, 3.8) is 0 Å². The lowest BCUT2D eigenvalue weighted by atomic mass is 10.1.